The van der Waals surface area contributed by atoms with Crippen molar-refractivity contribution in [1.82, 2.24) is 22.9 Å². The molecule has 0 amide bonds. The van der Waals surface area contributed by atoms with Gasteiger partial charge in [0.25, 0.3) is 0 Å². The SMILES string of the molecule is N.N.NCCNCCNCCN. The van der Waals surface area contributed by atoms with Gasteiger partial charge in [0, 0.05) is 39.3 Å². The molecule has 12 N–H and O–H groups in total. The van der Waals surface area contributed by atoms with Crippen LogP contribution in [0.25, 0.3) is 0 Å². The molecule has 0 aliphatic rings. The number of hydrogen-bond donors (Lipinski definition) is 6. The van der Waals surface area contributed by atoms with Crippen molar-refractivity contribution in [3.63, 3.8) is 0 Å². The van der Waals surface area contributed by atoms with Crippen LogP contribution in [-0.2, 0) is 0 Å². The second-order valence-corrected chi connectivity index (χ2v) is 2.08. The molecule has 0 rings (SSSR count). The molecule has 12 heavy (non-hydrogen) atoms. The van der Waals surface area contributed by atoms with Gasteiger partial charge in [0.1, 0.15) is 0 Å². The molecular formula is C6H24N6. The lowest BCUT2D eigenvalue weighted by Crippen LogP contribution is -2.32. The van der Waals surface area contributed by atoms with E-state index >= 15 is 0 Å². The number of nitrogens with one attached hydrogen (secondary N) is 2. The van der Waals surface area contributed by atoms with Crippen molar-refractivity contribution < 1.29 is 0 Å². The minimum Gasteiger partial charge on any atom is -0.344 e. The molecule has 0 saturated carbocycles. The minimum atomic E-state index is 0. The number of nitrogens with two attached hydrogens (primary N) is 2. The van der Waals surface area contributed by atoms with E-state index in [4.69, 9.17) is 11.5 Å². The summed E-state index contributed by atoms with van der Waals surface area (Å²) in [5.41, 5.74) is 10.5. The van der Waals surface area contributed by atoms with Gasteiger partial charge >= 0.3 is 0 Å². The van der Waals surface area contributed by atoms with Crippen LogP contribution in [0.4, 0.5) is 0 Å². The average Bonchev–Trinajstić information content (AvgIpc) is 1.97. The van der Waals surface area contributed by atoms with Gasteiger partial charge in [-0.25, -0.2) is 0 Å². The highest BCUT2D eigenvalue weighted by atomic mass is 14.9. The Morgan fingerprint density at radius 1 is 0.667 bits per heavy atom. The molecule has 0 aromatic heterocycles. The van der Waals surface area contributed by atoms with Gasteiger partial charge in [-0.3, -0.25) is 0 Å². The highest BCUT2D eigenvalue weighted by Crippen LogP contribution is 1.57. The van der Waals surface area contributed by atoms with E-state index in [1.807, 2.05) is 0 Å². The monoisotopic (exact) mass is 180 g/mol. The van der Waals surface area contributed by atoms with Gasteiger partial charge in [-0.1, -0.05) is 0 Å². The molecule has 0 spiro atoms. The van der Waals surface area contributed by atoms with Gasteiger partial charge in [0.15, 0.2) is 0 Å². The molecule has 0 aliphatic heterocycles. The van der Waals surface area contributed by atoms with Crippen LogP contribution in [0.1, 0.15) is 0 Å². The summed E-state index contributed by atoms with van der Waals surface area (Å²) in [4.78, 5) is 0. The van der Waals surface area contributed by atoms with Crippen LogP contribution >= 0.6 is 0 Å². The lowest BCUT2D eigenvalue weighted by Gasteiger charge is -2.03. The van der Waals surface area contributed by atoms with Gasteiger partial charge in [-0.05, 0) is 0 Å². The maximum absolute atomic E-state index is 5.27. The van der Waals surface area contributed by atoms with Crippen LogP contribution in [0, 0.1) is 0 Å². The Kier molecular flexibility index (Phi) is 25.2. The molecule has 0 atom stereocenters. The van der Waals surface area contributed by atoms with Crippen molar-refractivity contribution in [3.8, 4) is 0 Å². The van der Waals surface area contributed by atoms with Gasteiger partial charge in [-0.15, -0.1) is 0 Å². The molecule has 0 saturated heterocycles. The van der Waals surface area contributed by atoms with E-state index in [1.165, 1.54) is 0 Å². The molecular weight excluding hydrogens is 156 g/mol. The standard InChI is InChI=1S/C6H18N4.2H3N/c7-1-3-9-5-6-10-4-2-8;;/h9-10H,1-8H2;2*1H3. The Labute approximate surface area is 74.6 Å². The largest absolute Gasteiger partial charge is 0.344 e. The van der Waals surface area contributed by atoms with Crippen LogP contribution < -0.4 is 34.4 Å². The summed E-state index contributed by atoms with van der Waals surface area (Å²) >= 11 is 0. The fraction of sp³-hybridized carbons (Fsp3) is 1.00. The maximum atomic E-state index is 5.27. The van der Waals surface area contributed by atoms with Crippen LogP contribution in [0.3, 0.4) is 0 Å². The summed E-state index contributed by atoms with van der Waals surface area (Å²) in [5, 5.41) is 6.33. The zero-order chi connectivity index (χ0) is 7.66. The van der Waals surface area contributed by atoms with E-state index in [-0.39, 0.29) is 12.3 Å². The van der Waals surface area contributed by atoms with Crippen molar-refractivity contribution in [2.24, 2.45) is 11.5 Å². The first-order valence-electron chi connectivity index (χ1n) is 3.73. The Hall–Kier alpha value is -0.240. The van der Waals surface area contributed by atoms with Gasteiger partial charge in [0.2, 0.25) is 0 Å². The van der Waals surface area contributed by atoms with Crippen LogP contribution in [0.15, 0.2) is 0 Å². The molecule has 0 unspecified atom stereocenters. The first-order valence-corrected chi connectivity index (χ1v) is 3.73. The van der Waals surface area contributed by atoms with E-state index in [9.17, 15) is 0 Å². The highest BCUT2D eigenvalue weighted by molar-refractivity contribution is 4.51. The fourth-order valence-corrected chi connectivity index (χ4v) is 0.631. The Morgan fingerprint density at radius 3 is 1.25 bits per heavy atom. The number of hydrogen-bond acceptors (Lipinski definition) is 6. The highest BCUT2D eigenvalue weighted by Gasteiger charge is 1.83. The fourth-order valence-electron chi connectivity index (χ4n) is 0.631. The van der Waals surface area contributed by atoms with Gasteiger partial charge < -0.3 is 34.4 Å². The predicted octanol–water partition coefficient (Wildman–Crippen LogP) is -1.59. The third kappa shape index (κ3) is 16.4. The number of rotatable bonds is 7. The predicted molar refractivity (Wildman–Crippen MR) is 53.9 cm³/mol. The van der Waals surface area contributed by atoms with Crippen LogP contribution in [0.5, 0.6) is 0 Å². The third-order valence-corrected chi connectivity index (χ3v) is 1.12. The summed E-state index contributed by atoms with van der Waals surface area (Å²) in [6.07, 6.45) is 0. The maximum Gasteiger partial charge on any atom is 0.00772 e. The molecule has 0 radical (unpaired) electrons. The van der Waals surface area contributed by atoms with E-state index in [0.717, 1.165) is 26.2 Å². The second-order valence-electron chi connectivity index (χ2n) is 2.08. The van der Waals surface area contributed by atoms with Crippen molar-refractivity contribution in [3.05, 3.63) is 0 Å². The summed E-state index contributed by atoms with van der Waals surface area (Å²) in [5.74, 6) is 0. The van der Waals surface area contributed by atoms with Crippen molar-refractivity contribution >= 4 is 0 Å². The zero-order valence-corrected chi connectivity index (χ0v) is 7.81. The first-order chi connectivity index (χ1) is 4.91. The normalized spacial score (nSPS) is 8.50. The Morgan fingerprint density at radius 2 is 1.00 bits per heavy atom. The Balaban J connectivity index is -0.000000405. The first kappa shape index (κ1) is 17.7. The topological polar surface area (TPSA) is 146 Å². The van der Waals surface area contributed by atoms with E-state index in [0.29, 0.717) is 13.1 Å². The van der Waals surface area contributed by atoms with Crippen molar-refractivity contribution in [2.75, 3.05) is 39.3 Å². The van der Waals surface area contributed by atoms with E-state index in [2.05, 4.69) is 10.6 Å². The van der Waals surface area contributed by atoms with Gasteiger partial charge in [0.05, 0.1) is 0 Å². The third-order valence-electron chi connectivity index (χ3n) is 1.12. The second kappa shape index (κ2) is 17.0. The zero-order valence-electron chi connectivity index (χ0n) is 7.81. The molecule has 0 heterocycles. The average molecular weight is 180 g/mol. The molecule has 6 heteroatoms. The van der Waals surface area contributed by atoms with Crippen molar-refractivity contribution in [2.45, 2.75) is 0 Å². The molecule has 0 aromatic rings. The lowest BCUT2D eigenvalue weighted by atomic mass is 10.5. The molecule has 78 valence electrons. The van der Waals surface area contributed by atoms with Crippen LogP contribution in [-0.4, -0.2) is 39.3 Å². The summed E-state index contributed by atoms with van der Waals surface area (Å²) in [6, 6.07) is 0. The summed E-state index contributed by atoms with van der Waals surface area (Å²) < 4.78 is 0. The Bertz CT molecular complexity index is 52.0. The summed E-state index contributed by atoms with van der Waals surface area (Å²) in [6.45, 7) is 5.14. The molecule has 0 aliphatic carbocycles. The van der Waals surface area contributed by atoms with Crippen molar-refractivity contribution in [1.29, 1.82) is 0 Å². The quantitative estimate of drug-likeness (QED) is 0.260. The van der Waals surface area contributed by atoms with E-state index in [1.54, 1.807) is 0 Å². The molecule has 6 nitrogen and oxygen atoms in total. The lowest BCUT2D eigenvalue weighted by molar-refractivity contribution is 0.618. The smallest absolute Gasteiger partial charge is 0.00772 e. The summed E-state index contributed by atoms with van der Waals surface area (Å²) in [7, 11) is 0. The van der Waals surface area contributed by atoms with E-state index < -0.39 is 0 Å². The molecule has 0 fully saturated rings. The molecule has 0 aromatic carbocycles. The van der Waals surface area contributed by atoms with Crippen LogP contribution in [0.2, 0.25) is 0 Å². The minimum absolute atomic E-state index is 0. The molecule has 0 bridgehead atoms. The van der Waals surface area contributed by atoms with Gasteiger partial charge in [-0.2, -0.15) is 0 Å².